The SMILES string of the molecule is Cc1ccccc1C(=O)NCC(=O)NC(CCC(=O)O)Cc1ccccc1. The number of aryl methyl sites for hydroxylation is 1. The molecule has 0 saturated heterocycles. The van der Waals surface area contributed by atoms with Gasteiger partial charge in [-0.05, 0) is 37.0 Å². The maximum atomic E-state index is 12.2. The monoisotopic (exact) mass is 368 g/mol. The highest BCUT2D eigenvalue weighted by Crippen LogP contribution is 2.08. The van der Waals surface area contributed by atoms with Gasteiger partial charge in [-0.2, -0.15) is 0 Å². The maximum absolute atomic E-state index is 12.2. The average Bonchev–Trinajstić information content (AvgIpc) is 2.65. The average molecular weight is 368 g/mol. The minimum absolute atomic E-state index is 0.0344. The van der Waals surface area contributed by atoms with Crippen LogP contribution in [0.15, 0.2) is 54.6 Å². The molecule has 6 nitrogen and oxygen atoms in total. The number of aliphatic carboxylic acids is 1. The number of nitrogens with one attached hydrogen (secondary N) is 2. The molecule has 2 aromatic rings. The fourth-order valence-corrected chi connectivity index (χ4v) is 2.78. The van der Waals surface area contributed by atoms with Gasteiger partial charge in [-0.1, -0.05) is 48.5 Å². The van der Waals surface area contributed by atoms with Crippen LogP contribution in [-0.4, -0.2) is 35.5 Å². The molecule has 2 aromatic carbocycles. The molecule has 3 N–H and O–H groups in total. The summed E-state index contributed by atoms with van der Waals surface area (Å²) in [5.74, 6) is -1.56. The number of hydrogen-bond donors (Lipinski definition) is 3. The summed E-state index contributed by atoms with van der Waals surface area (Å²) in [6.45, 7) is 1.67. The van der Waals surface area contributed by atoms with Crippen molar-refractivity contribution in [2.75, 3.05) is 6.54 Å². The van der Waals surface area contributed by atoms with Gasteiger partial charge in [-0.3, -0.25) is 14.4 Å². The number of carbonyl (C=O) groups excluding carboxylic acids is 2. The molecule has 0 bridgehead atoms. The fourth-order valence-electron chi connectivity index (χ4n) is 2.78. The summed E-state index contributed by atoms with van der Waals surface area (Å²) in [6.07, 6.45) is 0.820. The van der Waals surface area contributed by atoms with Gasteiger partial charge in [0.2, 0.25) is 5.91 Å². The van der Waals surface area contributed by atoms with E-state index < -0.39 is 5.97 Å². The summed E-state index contributed by atoms with van der Waals surface area (Å²) < 4.78 is 0. The molecule has 142 valence electrons. The summed E-state index contributed by atoms with van der Waals surface area (Å²) in [7, 11) is 0. The van der Waals surface area contributed by atoms with Crippen molar-refractivity contribution in [1.82, 2.24) is 10.6 Å². The second kappa shape index (κ2) is 10.1. The number of amides is 2. The number of hydrogen-bond acceptors (Lipinski definition) is 3. The molecule has 0 saturated carbocycles. The molecular weight excluding hydrogens is 344 g/mol. The van der Waals surface area contributed by atoms with Crippen molar-refractivity contribution in [2.45, 2.75) is 32.2 Å². The van der Waals surface area contributed by atoms with Gasteiger partial charge in [-0.25, -0.2) is 0 Å². The molecule has 0 aliphatic heterocycles. The van der Waals surface area contributed by atoms with Gasteiger partial charge in [0.25, 0.3) is 5.91 Å². The van der Waals surface area contributed by atoms with Crippen LogP contribution in [0.25, 0.3) is 0 Å². The quantitative estimate of drug-likeness (QED) is 0.633. The third kappa shape index (κ3) is 6.93. The Labute approximate surface area is 158 Å². The van der Waals surface area contributed by atoms with Crippen molar-refractivity contribution in [2.24, 2.45) is 0 Å². The van der Waals surface area contributed by atoms with Crippen LogP contribution < -0.4 is 10.6 Å². The molecule has 0 aromatic heterocycles. The van der Waals surface area contributed by atoms with E-state index in [0.717, 1.165) is 11.1 Å². The molecule has 0 heterocycles. The molecule has 2 rings (SSSR count). The van der Waals surface area contributed by atoms with E-state index in [2.05, 4.69) is 10.6 Å². The van der Waals surface area contributed by atoms with Gasteiger partial charge in [0.15, 0.2) is 0 Å². The van der Waals surface area contributed by atoms with Crippen molar-refractivity contribution in [3.8, 4) is 0 Å². The summed E-state index contributed by atoms with van der Waals surface area (Å²) in [4.78, 5) is 35.3. The number of benzene rings is 2. The van der Waals surface area contributed by atoms with E-state index in [0.29, 0.717) is 18.4 Å². The Hall–Kier alpha value is -3.15. The number of carboxylic acid groups (broad SMARTS) is 1. The Balaban J connectivity index is 1.91. The molecule has 27 heavy (non-hydrogen) atoms. The number of rotatable bonds is 9. The molecule has 0 aliphatic rings. The first kappa shape index (κ1) is 20.2. The van der Waals surface area contributed by atoms with E-state index in [9.17, 15) is 14.4 Å². The highest BCUT2D eigenvalue weighted by Gasteiger charge is 2.16. The van der Waals surface area contributed by atoms with Gasteiger partial charge in [0, 0.05) is 18.0 Å². The second-order valence-corrected chi connectivity index (χ2v) is 6.38. The Bertz CT molecular complexity index is 790. The largest absolute Gasteiger partial charge is 0.481 e. The highest BCUT2D eigenvalue weighted by atomic mass is 16.4. The maximum Gasteiger partial charge on any atom is 0.303 e. The molecule has 0 fully saturated rings. The third-order valence-electron chi connectivity index (χ3n) is 4.20. The second-order valence-electron chi connectivity index (χ2n) is 6.38. The lowest BCUT2D eigenvalue weighted by Gasteiger charge is -2.18. The molecule has 1 atom stereocenters. The van der Waals surface area contributed by atoms with Gasteiger partial charge in [0.1, 0.15) is 0 Å². The summed E-state index contributed by atoms with van der Waals surface area (Å²) in [5, 5.41) is 14.4. The van der Waals surface area contributed by atoms with E-state index in [1.54, 1.807) is 12.1 Å². The Kier molecular flexibility index (Phi) is 7.55. The topological polar surface area (TPSA) is 95.5 Å². The lowest BCUT2D eigenvalue weighted by Crippen LogP contribution is -2.43. The molecule has 2 amide bonds. The normalized spacial score (nSPS) is 11.4. The Morgan fingerprint density at radius 2 is 1.67 bits per heavy atom. The Morgan fingerprint density at radius 1 is 1.00 bits per heavy atom. The van der Waals surface area contributed by atoms with Crippen LogP contribution in [0, 0.1) is 6.92 Å². The lowest BCUT2D eigenvalue weighted by molar-refractivity contribution is -0.137. The van der Waals surface area contributed by atoms with Gasteiger partial charge >= 0.3 is 5.97 Å². The van der Waals surface area contributed by atoms with E-state index >= 15 is 0 Å². The first-order chi connectivity index (χ1) is 13.0. The van der Waals surface area contributed by atoms with Gasteiger partial charge < -0.3 is 15.7 Å². The molecule has 0 spiro atoms. The van der Waals surface area contributed by atoms with Crippen LogP contribution in [0.3, 0.4) is 0 Å². The zero-order chi connectivity index (χ0) is 19.6. The van der Waals surface area contributed by atoms with Crippen molar-refractivity contribution >= 4 is 17.8 Å². The fraction of sp³-hybridized carbons (Fsp3) is 0.286. The highest BCUT2D eigenvalue weighted by molar-refractivity contribution is 5.97. The predicted molar refractivity (Wildman–Crippen MR) is 102 cm³/mol. The van der Waals surface area contributed by atoms with Crippen LogP contribution >= 0.6 is 0 Å². The van der Waals surface area contributed by atoms with Crippen LogP contribution in [-0.2, 0) is 16.0 Å². The van der Waals surface area contributed by atoms with Crippen molar-refractivity contribution in [1.29, 1.82) is 0 Å². The zero-order valence-electron chi connectivity index (χ0n) is 15.3. The third-order valence-corrected chi connectivity index (χ3v) is 4.20. The minimum atomic E-state index is -0.907. The van der Waals surface area contributed by atoms with Crippen LogP contribution in [0.1, 0.15) is 34.3 Å². The molecule has 6 heteroatoms. The van der Waals surface area contributed by atoms with E-state index in [1.165, 1.54) is 0 Å². The van der Waals surface area contributed by atoms with Gasteiger partial charge in [-0.15, -0.1) is 0 Å². The van der Waals surface area contributed by atoms with Crippen molar-refractivity contribution in [3.05, 3.63) is 71.3 Å². The van der Waals surface area contributed by atoms with Crippen molar-refractivity contribution in [3.63, 3.8) is 0 Å². The lowest BCUT2D eigenvalue weighted by atomic mass is 10.0. The number of carboxylic acids is 1. The molecule has 0 aliphatic carbocycles. The predicted octanol–water partition coefficient (Wildman–Crippen LogP) is 2.32. The summed E-state index contributed by atoms with van der Waals surface area (Å²) >= 11 is 0. The molecular formula is C21H24N2O4. The first-order valence-electron chi connectivity index (χ1n) is 8.84. The molecule has 0 radical (unpaired) electrons. The van der Waals surface area contributed by atoms with Crippen LogP contribution in [0.4, 0.5) is 0 Å². The standard InChI is InChI=1S/C21H24N2O4/c1-15-7-5-6-10-18(15)21(27)22-14-19(24)23-17(11-12-20(25)26)13-16-8-3-2-4-9-16/h2-10,17H,11-14H2,1H3,(H,22,27)(H,23,24)(H,25,26). The Morgan fingerprint density at radius 3 is 2.33 bits per heavy atom. The smallest absolute Gasteiger partial charge is 0.303 e. The zero-order valence-corrected chi connectivity index (χ0v) is 15.3. The molecule has 1 unspecified atom stereocenters. The van der Waals surface area contributed by atoms with E-state index in [1.807, 2.05) is 49.4 Å². The van der Waals surface area contributed by atoms with Crippen LogP contribution in [0.2, 0.25) is 0 Å². The summed E-state index contributed by atoms with van der Waals surface area (Å²) in [5.41, 5.74) is 2.37. The van der Waals surface area contributed by atoms with Crippen molar-refractivity contribution < 1.29 is 19.5 Å². The minimum Gasteiger partial charge on any atom is -0.481 e. The van der Waals surface area contributed by atoms with E-state index in [-0.39, 0.29) is 30.8 Å². The summed E-state index contributed by atoms with van der Waals surface area (Å²) in [6, 6.07) is 16.4. The first-order valence-corrected chi connectivity index (χ1v) is 8.84. The number of carbonyl (C=O) groups is 3. The van der Waals surface area contributed by atoms with Crippen LogP contribution in [0.5, 0.6) is 0 Å². The van der Waals surface area contributed by atoms with E-state index in [4.69, 9.17) is 5.11 Å². The van der Waals surface area contributed by atoms with Gasteiger partial charge in [0.05, 0.1) is 6.54 Å².